The standard InChI is InChI=1S/C13H18N2O3/c1-18-7-6-15-10(3-5-14-15)13-4-2-9(8-13)11(13)12(16)17/h3,5,9,11H,2,4,6-8H2,1H3,(H,16,17). The van der Waals surface area contributed by atoms with Crippen molar-refractivity contribution in [2.24, 2.45) is 11.8 Å². The van der Waals surface area contributed by atoms with Gasteiger partial charge in [0.25, 0.3) is 0 Å². The number of fused-ring (bicyclic) bond motifs is 1. The van der Waals surface area contributed by atoms with Gasteiger partial charge in [0.1, 0.15) is 0 Å². The van der Waals surface area contributed by atoms with Crippen LogP contribution >= 0.6 is 0 Å². The minimum atomic E-state index is -0.650. The molecule has 0 amide bonds. The molecule has 0 saturated heterocycles. The average molecular weight is 250 g/mol. The smallest absolute Gasteiger partial charge is 0.307 e. The number of carboxylic acid groups (broad SMARTS) is 1. The van der Waals surface area contributed by atoms with Crippen LogP contribution in [-0.4, -0.2) is 34.6 Å². The molecule has 5 nitrogen and oxygen atoms in total. The molecular weight excluding hydrogens is 232 g/mol. The average Bonchev–Trinajstić information content (AvgIpc) is 2.98. The van der Waals surface area contributed by atoms with Gasteiger partial charge in [0.05, 0.1) is 19.1 Å². The van der Waals surface area contributed by atoms with E-state index in [4.69, 9.17) is 4.74 Å². The van der Waals surface area contributed by atoms with Gasteiger partial charge in [-0.05, 0) is 31.2 Å². The lowest BCUT2D eigenvalue weighted by atomic mass is 9.58. The topological polar surface area (TPSA) is 64.4 Å². The Hall–Kier alpha value is -1.36. The van der Waals surface area contributed by atoms with Crippen molar-refractivity contribution in [2.75, 3.05) is 13.7 Å². The molecule has 18 heavy (non-hydrogen) atoms. The highest BCUT2D eigenvalue weighted by Gasteiger charge is 2.64. The van der Waals surface area contributed by atoms with Crippen LogP contribution < -0.4 is 0 Å². The lowest BCUT2D eigenvalue weighted by molar-refractivity contribution is -0.150. The highest BCUT2D eigenvalue weighted by Crippen LogP contribution is 2.63. The van der Waals surface area contributed by atoms with Gasteiger partial charge in [-0.25, -0.2) is 0 Å². The first-order valence-electron chi connectivity index (χ1n) is 6.43. The number of aliphatic carboxylic acids is 1. The van der Waals surface area contributed by atoms with Gasteiger partial charge in [-0.3, -0.25) is 9.48 Å². The van der Waals surface area contributed by atoms with Crippen LogP contribution in [0.2, 0.25) is 0 Å². The van der Waals surface area contributed by atoms with E-state index >= 15 is 0 Å². The van der Waals surface area contributed by atoms with Crippen LogP contribution in [0.1, 0.15) is 25.0 Å². The first kappa shape index (κ1) is 11.7. The highest BCUT2D eigenvalue weighted by atomic mass is 16.5. The van der Waals surface area contributed by atoms with Gasteiger partial charge in [0.15, 0.2) is 0 Å². The van der Waals surface area contributed by atoms with Crippen LogP contribution in [0.15, 0.2) is 12.3 Å². The van der Waals surface area contributed by atoms with E-state index in [0.29, 0.717) is 19.1 Å². The third-order valence-corrected chi connectivity index (χ3v) is 4.65. The second-order valence-electron chi connectivity index (χ2n) is 5.41. The Labute approximate surface area is 106 Å². The molecule has 0 radical (unpaired) electrons. The number of hydrogen-bond acceptors (Lipinski definition) is 3. The molecule has 3 saturated carbocycles. The number of methoxy groups -OCH3 is 1. The van der Waals surface area contributed by atoms with Crippen molar-refractivity contribution in [3.63, 3.8) is 0 Å². The first-order valence-corrected chi connectivity index (χ1v) is 6.43. The third kappa shape index (κ3) is 1.43. The zero-order valence-corrected chi connectivity index (χ0v) is 10.5. The van der Waals surface area contributed by atoms with Gasteiger partial charge < -0.3 is 9.84 Å². The monoisotopic (exact) mass is 250 g/mol. The third-order valence-electron chi connectivity index (χ3n) is 4.65. The molecule has 3 aliphatic carbocycles. The van der Waals surface area contributed by atoms with E-state index < -0.39 is 5.97 Å². The van der Waals surface area contributed by atoms with Gasteiger partial charge in [-0.15, -0.1) is 0 Å². The van der Waals surface area contributed by atoms with Crippen LogP contribution in [0.5, 0.6) is 0 Å². The van der Waals surface area contributed by atoms with E-state index in [-0.39, 0.29) is 11.3 Å². The van der Waals surface area contributed by atoms with E-state index in [1.165, 1.54) is 0 Å². The Morgan fingerprint density at radius 1 is 1.72 bits per heavy atom. The van der Waals surface area contributed by atoms with Crippen LogP contribution in [0.3, 0.4) is 0 Å². The van der Waals surface area contributed by atoms with Crippen LogP contribution in [0.4, 0.5) is 0 Å². The Balaban J connectivity index is 1.90. The summed E-state index contributed by atoms with van der Waals surface area (Å²) in [5, 5.41) is 13.7. The maximum atomic E-state index is 11.4. The summed E-state index contributed by atoms with van der Waals surface area (Å²) in [6, 6.07) is 1.98. The SMILES string of the molecule is COCCn1nccc1C12CCC(C1)C2C(=O)O. The number of nitrogens with zero attached hydrogens (tertiary/aromatic N) is 2. The van der Waals surface area contributed by atoms with Crippen molar-refractivity contribution in [3.05, 3.63) is 18.0 Å². The number of carbonyl (C=O) groups is 1. The van der Waals surface area contributed by atoms with E-state index in [1.807, 2.05) is 10.7 Å². The summed E-state index contributed by atoms with van der Waals surface area (Å²) >= 11 is 0. The van der Waals surface area contributed by atoms with Gasteiger partial charge in [-0.2, -0.15) is 5.10 Å². The molecule has 1 heterocycles. The summed E-state index contributed by atoms with van der Waals surface area (Å²) in [7, 11) is 1.66. The molecule has 3 fully saturated rings. The second kappa shape index (κ2) is 4.09. The van der Waals surface area contributed by atoms with Crippen molar-refractivity contribution in [3.8, 4) is 0 Å². The minimum absolute atomic E-state index is 0.166. The number of hydrogen-bond donors (Lipinski definition) is 1. The zero-order valence-electron chi connectivity index (χ0n) is 10.5. The Morgan fingerprint density at radius 2 is 2.56 bits per heavy atom. The molecule has 3 unspecified atom stereocenters. The molecule has 3 atom stereocenters. The molecular formula is C13H18N2O3. The maximum Gasteiger partial charge on any atom is 0.307 e. The van der Waals surface area contributed by atoms with E-state index in [2.05, 4.69) is 5.10 Å². The van der Waals surface area contributed by atoms with Crippen molar-refractivity contribution in [2.45, 2.75) is 31.2 Å². The molecule has 3 aliphatic rings. The second-order valence-corrected chi connectivity index (χ2v) is 5.41. The Bertz CT molecular complexity index is 467. The van der Waals surface area contributed by atoms with Gasteiger partial charge in [0.2, 0.25) is 0 Å². The van der Waals surface area contributed by atoms with E-state index in [9.17, 15) is 9.90 Å². The largest absolute Gasteiger partial charge is 0.481 e. The fourth-order valence-corrected chi connectivity index (χ4v) is 3.91. The van der Waals surface area contributed by atoms with Crippen molar-refractivity contribution < 1.29 is 14.6 Å². The molecule has 1 N–H and O–H groups in total. The van der Waals surface area contributed by atoms with Crippen LogP contribution in [0, 0.1) is 11.8 Å². The molecule has 1 aromatic rings. The molecule has 0 spiro atoms. The summed E-state index contributed by atoms with van der Waals surface area (Å²) < 4.78 is 6.99. The fourth-order valence-electron chi connectivity index (χ4n) is 3.91. The molecule has 98 valence electrons. The number of aromatic nitrogens is 2. The number of rotatable bonds is 5. The molecule has 1 aromatic heterocycles. The van der Waals surface area contributed by atoms with Crippen molar-refractivity contribution in [1.29, 1.82) is 0 Å². The van der Waals surface area contributed by atoms with Gasteiger partial charge >= 0.3 is 5.97 Å². The normalized spacial score (nSPS) is 33.4. The predicted molar refractivity (Wildman–Crippen MR) is 64.2 cm³/mol. The summed E-state index contributed by atoms with van der Waals surface area (Å²) in [4.78, 5) is 11.4. The summed E-state index contributed by atoms with van der Waals surface area (Å²) in [6.45, 7) is 1.30. The van der Waals surface area contributed by atoms with E-state index in [1.54, 1.807) is 13.3 Å². The lowest BCUT2D eigenvalue weighted by Crippen LogP contribution is -2.49. The summed E-state index contributed by atoms with van der Waals surface area (Å²) in [6.07, 6.45) is 4.78. The quantitative estimate of drug-likeness (QED) is 0.855. The van der Waals surface area contributed by atoms with Crippen LogP contribution in [-0.2, 0) is 21.5 Å². The Morgan fingerprint density at radius 3 is 3.22 bits per heavy atom. The van der Waals surface area contributed by atoms with E-state index in [0.717, 1.165) is 25.0 Å². The summed E-state index contributed by atoms with van der Waals surface area (Å²) in [5.74, 6) is -0.494. The number of carboxylic acids is 1. The Kier molecular flexibility index (Phi) is 2.66. The van der Waals surface area contributed by atoms with Gasteiger partial charge in [0, 0.05) is 24.4 Å². The molecule has 2 bridgehead atoms. The number of ether oxygens (including phenoxy) is 1. The lowest BCUT2D eigenvalue weighted by Gasteiger charge is -2.45. The van der Waals surface area contributed by atoms with Crippen molar-refractivity contribution >= 4 is 5.97 Å². The zero-order chi connectivity index (χ0) is 12.8. The maximum absolute atomic E-state index is 11.4. The van der Waals surface area contributed by atoms with Crippen LogP contribution in [0.25, 0.3) is 0 Å². The summed E-state index contributed by atoms with van der Waals surface area (Å²) in [5.41, 5.74) is 0.918. The molecule has 0 aliphatic heterocycles. The highest BCUT2D eigenvalue weighted by molar-refractivity contribution is 5.75. The fraction of sp³-hybridized carbons (Fsp3) is 0.692. The predicted octanol–water partition coefficient (Wildman–Crippen LogP) is 1.28. The van der Waals surface area contributed by atoms with Crippen molar-refractivity contribution in [1.82, 2.24) is 9.78 Å². The molecule has 0 aromatic carbocycles. The molecule has 4 rings (SSSR count). The first-order chi connectivity index (χ1) is 8.69. The minimum Gasteiger partial charge on any atom is -0.481 e. The van der Waals surface area contributed by atoms with Gasteiger partial charge in [-0.1, -0.05) is 0 Å². The molecule has 5 heteroatoms.